The summed E-state index contributed by atoms with van der Waals surface area (Å²) in [6, 6.07) is 12.6. The van der Waals surface area contributed by atoms with Gasteiger partial charge in [-0.2, -0.15) is 0 Å². The minimum Gasteiger partial charge on any atom is -0.346 e. The van der Waals surface area contributed by atoms with E-state index in [-0.39, 0.29) is 17.1 Å². The second-order valence-electron chi connectivity index (χ2n) is 5.59. The maximum Gasteiger partial charge on any atom is 0.243 e. The summed E-state index contributed by atoms with van der Waals surface area (Å²) in [5.41, 5.74) is 1.56. The molecule has 24 heavy (non-hydrogen) atoms. The molecule has 0 unspecified atom stereocenters. The van der Waals surface area contributed by atoms with Gasteiger partial charge in [-0.3, -0.25) is 0 Å². The number of anilines is 1. The van der Waals surface area contributed by atoms with Gasteiger partial charge in [0.15, 0.2) is 0 Å². The van der Waals surface area contributed by atoms with Crippen LogP contribution in [0.5, 0.6) is 0 Å². The predicted octanol–water partition coefficient (Wildman–Crippen LogP) is 4.37. The first-order chi connectivity index (χ1) is 11.6. The van der Waals surface area contributed by atoms with Crippen molar-refractivity contribution in [3.63, 3.8) is 0 Å². The van der Waals surface area contributed by atoms with Crippen molar-refractivity contribution in [2.45, 2.75) is 18.5 Å². The van der Waals surface area contributed by atoms with Gasteiger partial charge in [-0.1, -0.05) is 56.9 Å². The summed E-state index contributed by atoms with van der Waals surface area (Å²) < 4.78 is 17.1. The van der Waals surface area contributed by atoms with E-state index >= 15 is 0 Å². The van der Waals surface area contributed by atoms with Gasteiger partial charge in [-0.05, 0) is 40.6 Å². The number of fused-ring (bicyclic) bond motifs is 1. The smallest absolute Gasteiger partial charge is 0.243 e. The van der Waals surface area contributed by atoms with Crippen LogP contribution in [-0.4, -0.2) is 20.2 Å². The molecule has 2 aromatic carbocycles. The number of halogens is 3. The lowest BCUT2D eigenvalue weighted by atomic mass is 9.93. The zero-order chi connectivity index (χ0) is 16.7. The third kappa shape index (κ3) is 2.67. The molecule has 8 heteroatoms. The fourth-order valence-electron chi connectivity index (χ4n) is 3.02. The molecule has 0 amide bonds. The zero-order valence-corrected chi connectivity index (χ0v) is 14.7. The van der Waals surface area contributed by atoms with Gasteiger partial charge in [0.25, 0.3) is 0 Å². The quantitative estimate of drug-likeness (QED) is 0.684. The SMILES string of the molecule is Fc1c(Cl)cccc1[C@H]1C[C@@H](c2cccc(Br)c2)Nc2nnnn21. The van der Waals surface area contributed by atoms with E-state index in [1.807, 2.05) is 24.3 Å². The first kappa shape index (κ1) is 15.5. The predicted molar refractivity (Wildman–Crippen MR) is 92.5 cm³/mol. The molecule has 2 atom stereocenters. The van der Waals surface area contributed by atoms with Crippen molar-refractivity contribution in [3.8, 4) is 0 Å². The van der Waals surface area contributed by atoms with Gasteiger partial charge in [-0.25, -0.2) is 9.07 Å². The highest BCUT2D eigenvalue weighted by Crippen LogP contribution is 2.39. The standard InChI is InChI=1S/C16H12BrClFN5/c17-10-4-1-3-9(7-10)13-8-14(24-16(20-13)21-22-23-24)11-5-2-6-12(18)15(11)19/h1-7,13-14H,8H2,(H,20,21,23)/t13-,14+/m0/s1. The van der Waals surface area contributed by atoms with E-state index in [9.17, 15) is 4.39 Å². The third-order valence-electron chi connectivity index (χ3n) is 4.14. The maximum absolute atomic E-state index is 14.5. The van der Waals surface area contributed by atoms with Crippen molar-refractivity contribution in [1.29, 1.82) is 0 Å². The molecule has 0 bridgehead atoms. The van der Waals surface area contributed by atoms with Crippen molar-refractivity contribution in [1.82, 2.24) is 20.2 Å². The minimum absolute atomic E-state index is 0.0376. The molecule has 5 nitrogen and oxygen atoms in total. The van der Waals surface area contributed by atoms with Crippen LogP contribution in [0.25, 0.3) is 0 Å². The van der Waals surface area contributed by atoms with Crippen LogP contribution in [0.4, 0.5) is 10.3 Å². The molecule has 0 fully saturated rings. The highest BCUT2D eigenvalue weighted by atomic mass is 79.9. The fraction of sp³-hybridized carbons (Fsp3) is 0.188. The number of hydrogen-bond donors (Lipinski definition) is 1. The molecule has 2 heterocycles. The zero-order valence-electron chi connectivity index (χ0n) is 12.3. The molecule has 4 rings (SSSR count). The lowest BCUT2D eigenvalue weighted by Crippen LogP contribution is -2.28. The molecule has 0 saturated heterocycles. The monoisotopic (exact) mass is 407 g/mol. The van der Waals surface area contributed by atoms with Gasteiger partial charge < -0.3 is 5.32 Å². The van der Waals surface area contributed by atoms with Crippen molar-refractivity contribution in [2.75, 3.05) is 5.32 Å². The molecule has 1 aliphatic rings. The van der Waals surface area contributed by atoms with E-state index in [1.54, 1.807) is 16.8 Å². The van der Waals surface area contributed by atoms with Gasteiger partial charge in [-0.15, -0.1) is 0 Å². The molecule has 1 aromatic heterocycles. The molecule has 3 aromatic rings. The van der Waals surface area contributed by atoms with Crippen LogP contribution >= 0.6 is 27.5 Å². The second kappa shape index (κ2) is 6.14. The summed E-state index contributed by atoms with van der Waals surface area (Å²) in [5.74, 6) is 0.0797. The van der Waals surface area contributed by atoms with E-state index in [2.05, 4.69) is 36.8 Å². The molecule has 0 saturated carbocycles. The van der Waals surface area contributed by atoms with Crippen molar-refractivity contribution in [3.05, 3.63) is 68.9 Å². The highest BCUT2D eigenvalue weighted by molar-refractivity contribution is 9.10. The summed E-state index contributed by atoms with van der Waals surface area (Å²) in [6.45, 7) is 0. The Labute approximate surface area is 151 Å². The Kier molecular flexibility index (Phi) is 3.97. The van der Waals surface area contributed by atoms with Crippen molar-refractivity contribution in [2.24, 2.45) is 0 Å². The summed E-state index contributed by atoms with van der Waals surface area (Å²) >= 11 is 9.43. The normalized spacial score (nSPS) is 19.6. The first-order valence-corrected chi connectivity index (χ1v) is 8.54. The average molecular weight is 409 g/mol. The topological polar surface area (TPSA) is 55.6 Å². The Morgan fingerprint density at radius 1 is 1.25 bits per heavy atom. The largest absolute Gasteiger partial charge is 0.346 e. The molecular weight excluding hydrogens is 397 g/mol. The highest BCUT2D eigenvalue weighted by Gasteiger charge is 2.32. The van der Waals surface area contributed by atoms with Gasteiger partial charge in [0.1, 0.15) is 5.82 Å². The van der Waals surface area contributed by atoms with E-state index in [1.165, 1.54) is 6.07 Å². The summed E-state index contributed by atoms with van der Waals surface area (Å²) in [5, 5.41) is 15.1. The minimum atomic E-state index is -0.430. The summed E-state index contributed by atoms with van der Waals surface area (Å²) in [4.78, 5) is 0. The molecule has 122 valence electrons. The van der Waals surface area contributed by atoms with Gasteiger partial charge in [0, 0.05) is 10.0 Å². The molecule has 0 spiro atoms. The van der Waals surface area contributed by atoms with Crippen LogP contribution in [-0.2, 0) is 0 Å². The molecule has 0 radical (unpaired) electrons. The van der Waals surface area contributed by atoms with Crippen LogP contribution in [0.1, 0.15) is 29.6 Å². The van der Waals surface area contributed by atoms with E-state index < -0.39 is 5.82 Å². The molecule has 1 aliphatic heterocycles. The molecule has 1 N–H and O–H groups in total. The average Bonchev–Trinajstić information content (AvgIpc) is 3.05. The lowest BCUT2D eigenvalue weighted by Gasteiger charge is -2.31. The van der Waals surface area contributed by atoms with Crippen LogP contribution < -0.4 is 5.32 Å². The first-order valence-electron chi connectivity index (χ1n) is 7.37. The number of nitrogens with zero attached hydrogens (tertiary/aromatic N) is 4. The van der Waals surface area contributed by atoms with Crippen LogP contribution in [0.2, 0.25) is 5.02 Å². The van der Waals surface area contributed by atoms with Crippen LogP contribution in [0, 0.1) is 5.82 Å². The van der Waals surface area contributed by atoms with E-state index in [0.29, 0.717) is 17.9 Å². The number of tetrazole rings is 1. The number of rotatable bonds is 2. The summed E-state index contributed by atoms with van der Waals surface area (Å²) in [7, 11) is 0. The van der Waals surface area contributed by atoms with Crippen LogP contribution in [0.15, 0.2) is 46.9 Å². The van der Waals surface area contributed by atoms with Gasteiger partial charge in [0.2, 0.25) is 5.95 Å². The van der Waals surface area contributed by atoms with Gasteiger partial charge >= 0.3 is 0 Å². The van der Waals surface area contributed by atoms with Crippen molar-refractivity contribution >= 4 is 33.5 Å². The van der Waals surface area contributed by atoms with E-state index in [4.69, 9.17) is 11.6 Å². The Hall–Kier alpha value is -1.99. The number of nitrogens with one attached hydrogen (secondary N) is 1. The number of aromatic nitrogens is 4. The lowest BCUT2D eigenvalue weighted by molar-refractivity contribution is 0.409. The summed E-state index contributed by atoms with van der Waals surface area (Å²) in [6.07, 6.45) is 0.603. The van der Waals surface area contributed by atoms with Gasteiger partial charge in [0.05, 0.1) is 17.1 Å². The Balaban J connectivity index is 1.78. The van der Waals surface area contributed by atoms with Crippen molar-refractivity contribution < 1.29 is 4.39 Å². The Morgan fingerprint density at radius 2 is 2.08 bits per heavy atom. The Bertz CT molecular complexity index is 900. The molecular formula is C16H12BrClFN5. The molecule has 0 aliphatic carbocycles. The Morgan fingerprint density at radius 3 is 2.92 bits per heavy atom. The van der Waals surface area contributed by atoms with Crippen LogP contribution in [0.3, 0.4) is 0 Å². The van der Waals surface area contributed by atoms with E-state index in [0.717, 1.165) is 10.0 Å². The third-order valence-corrected chi connectivity index (χ3v) is 4.93. The number of benzene rings is 2. The number of hydrogen-bond acceptors (Lipinski definition) is 4. The maximum atomic E-state index is 14.5. The fourth-order valence-corrected chi connectivity index (χ4v) is 3.61. The second-order valence-corrected chi connectivity index (χ2v) is 6.92.